The standard InChI is InChI=1S/C14H13N3S/c1-9-2-5-12-10(7-16-13(12)6-9)3-4-11-8-18-14(15)17-11/h2-8,16H,1H3,(H2,15,17). The van der Waals surface area contributed by atoms with E-state index in [0.29, 0.717) is 5.13 Å². The van der Waals surface area contributed by atoms with Gasteiger partial charge in [0.2, 0.25) is 0 Å². The largest absolute Gasteiger partial charge is 0.375 e. The zero-order valence-corrected chi connectivity index (χ0v) is 10.8. The number of nitrogen functional groups attached to an aromatic ring is 1. The van der Waals surface area contributed by atoms with Gasteiger partial charge in [-0.1, -0.05) is 18.2 Å². The van der Waals surface area contributed by atoms with Crippen LogP contribution in [-0.2, 0) is 0 Å². The Balaban J connectivity index is 1.97. The topological polar surface area (TPSA) is 54.7 Å². The van der Waals surface area contributed by atoms with Crippen LogP contribution in [-0.4, -0.2) is 9.97 Å². The normalized spacial score (nSPS) is 11.6. The molecule has 3 nitrogen and oxygen atoms in total. The molecular weight excluding hydrogens is 242 g/mol. The lowest BCUT2D eigenvalue weighted by atomic mass is 10.1. The SMILES string of the molecule is Cc1ccc2c(C=Cc3csc(N)n3)c[nH]c2c1. The van der Waals surface area contributed by atoms with Crippen LogP contribution in [0, 0.1) is 6.92 Å². The molecule has 3 N–H and O–H groups in total. The van der Waals surface area contributed by atoms with Crippen LogP contribution in [0.4, 0.5) is 5.13 Å². The summed E-state index contributed by atoms with van der Waals surface area (Å²) in [6, 6.07) is 6.40. The third kappa shape index (κ3) is 2.02. The van der Waals surface area contributed by atoms with Gasteiger partial charge in [0, 0.05) is 22.5 Å². The van der Waals surface area contributed by atoms with Gasteiger partial charge in [-0.2, -0.15) is 0 Å². The number of aromatic nitrogens is 2. The first-order valence-corrected chi connectivity index (χ1v) is 6.57. The van der Waals surface area contributed by atoms with Crippen LogP contribution in [0.1, 0.15) is 16.8 Å². The van der Waals surface area contributed by atoms with E-state index in [1.54, 1.807) is 0 Å². The number of fused-ring (bicyclic) bond motifs is 1. The first kappa shape index (κ1) is 11.0. The van der Waals surface area contributed by atoms with Crippen LogP contribution in [0.5, 0.6) is 0 Å². The minimum absolute atomic E-state index is 0.601. The molecule has 0 fully saturated rings. The third-order valence-corrected chi connectivity index (χ3v) is 3.53. The van der Waals surface area contributed by atoms with E-state index in [1.807, 2.05) is 17.7 Å². The maximum absolute atomic E-state index is 5.60. The highest BCUT2D eigenvalue weighted by Gasteiger charge is 2.01. The highest BCUT2D eigenvalue weighted by atomic mass is 32.1. The Morgan fingerprint density at radius 3 is 3.00 bits per heavy atom. The molecule has 0 radical (unpaired) electrons. The van der Waals surface area contributed by atoms with E-state index in [2.05, 4.69) is 41.2 Å². The van der Waals surface area contributed by atoms with Crippen molar-refractivity contribution in [1.29, 1.82) is 0 Å². The molecule has 1 aromatic carbocycles. The van der Waals surface area contributed by atoms with Crippen molar-refractivity contribution in [2.24, 2.45) is 0 Å². The molecular formula is C14H13N3S. The molecule has 2 aromatic heterocycles. The van der Waals surface area contributed by atoms with Gasteiger partial charge in [-0.05, 0) is 30.2 Å². The maximum Gasteiger partial charge on any atom is 0.180 e. The Morgan fingerprint density at radius 1 is 1.33 bits per heavy atom. The summed E-state index contributed by atoms with van der Waals surface area (Å²) in [4.78, 5) is 7.48. The van der Waals surface area contributed by atoms with E-state index in [1.165, 1.54) is 22.3 Å². The third-order valence-electron chi connectivity index (χ3n) is 2.84. The summed E-state index contributed by atoms with van der Waals surface area (Å²) in [5.74, 6) is 0. The molecule has 18 heavy (non-hydrogen) atoms. The van der Waals surface area contributed by atoms with Gasteiger partial charge in [0.25, 0.3) is 0 Å². The van der Waals surface area contributed by atoms with E-state index in [4.69, 9.17) is 5.73 Å². The fourth-order valence-corrected chi connectivity index (χ4v) is 2.48. The molecule has 3 aromatic rings. The lowest BCUT2D eigenvalue weighted by Crippen LogP contribution is -1.80. The number of aromatic amines is 1. The lowest BCUT2D eigenvalue weighted by Gasteiger charge is -1.94. The number of nitrogens with two attached hydrogens (primary N) is 1. The van der Waals surface area contributed by atoms with Crippen molar-refractivity contribution in [2.75, 3.05) is 5.73 Å². The number of thiazole rings is 1. The predicted octanol–water partition coefficient (Wildman–Crippen LogP) is 3.69. The van der Waals surface area contributed by atoms with Crippen LogP contribution in [0.25, 0.3) is 23.1 Å². The number of H-pyrrole nitrogens is 1. The Labute approximate surface area is 109 Å². The van der Waals surface area contributed by atoms with Gasteiger partial charge >= 0.3 is 0 Å². The Hall–Kier alpha value is -2.07. The molecule has 0 aliphatic rings. The van der Waals surface area contributed by atoms with Gasteiger partial charge < -0.3 is 10.7 Å². The average Bonchev–Trinajstić information content (AvgIpc) is 2.92. The summed E-state index contributed by atoms with van der Waals surface area (Å²) < 4.78 is 0. The molecule has 0 saturated heterocycles. The smallest absolute Gasteiger partial charge is 0.180 e. The summed E-state index contributed by atoms with van der Waals surface area (Å²) in [6.07, 6.45) is 6.05. The van der Waals surface area contributed by atoms with E-state index in [9.17, 15) is 0 Å². The van der Waals surface area contributed by atoms with Crippen LogP contribution < -0.4 is 5.73 Å². The van der Waals surface area contributed by atoms with Crippen LogP contribution in [0.2, 0.25) is 0 Å². The monoisotopic (exact) mass is 255 g/mol. The average molecular weight is 255 g/mol. The predicted molar refractivity (Wildman–Crippen MR) is 78.5 cm³/mol. The van der Waals surface area contributed by atoms with Gasteiger partial charge in [-0.25, -0.2) is 4.98 Å². The summed E-state index contributed by atoms with van der Waals surface area (Å²) in [6.45, 7) is 2.09. The molecule has 0 amide bonds. The second kappa shape index (κ2) is 4.31. The van der Waals surface area contributed by atoms with Crippen molar-refractivity contribution in [3.8, 4) is 0 Å². The number of benzene rings is 1. The van der Waals surface area contributed by atoms with Crippen LogP contribution in [0.15, 0.2) is 29.8 Å². The quantitative estimate of drug-likeness (QED) is 0.733. The summed E-state index contributed by atoms with van der Waals surface area (Å²) >= 11 is 1.45. The summed E-state index contributed by atoms with van der Waals surface area (Å²) in [7, 11) is 0. The fraction of sp³-hybridized carbons (Fsp3) is 0.0714. The minimum atomic E-state index is 0.601. The number of hydrogen-bond donors (Lipinski definition) is 2. The van der Waals surface area contributed by atoms with Crippen molar-refractivity contribution in [1.82, 2.24) is 9.97 Å². The zero-order valence-electron chi connectivity index (χ0n) is 9.97. The number of hydrogen-bond acceptors (Lipinski definition) is 3. The fourth-order valence-electron chi connectivity index (χ4n) is 1.95. The van der Waals surface area contributed by atoms with E-state index in [-0.39, 0.29) is 0 Å². The number of nitrogens with zero attached hydrogens (tertiary/aromatic N) is 1. The molecule has 2 heterocycles. The van der Waals surface area contributed by atoms with E-state index in [0.717, 1.165) is 16.8 Å². The van der Waals surface area contributed by atoms with E-state index >= 15 is 0 Å². The van der Waals surface area contributed by atoms with E-state index < -0.39 is 0 Å². The molecule has 90 valence electrons. The summed E-state index contributed by atoms with van der Waals surface area (Å²) in [5, 5.41) is 3.77. The zero-order chi connectivity index (χ0) is 12.5. The lowest BCUT2D eigenvalue weighted by molar-refractivity contribution is 1.39. The maximum atomic E-state index is 5.60. The summed E-state index contributed by atoms with van der Waals surface area (Å²) in [5.41, 5.74) is 10.1. The van der Waals surface area contributed by atoms with Gasteiger partial charge in [0.15, 0.2) is 5.13 Å². The molecule has 0 spiro atoms. The Bertz CT molecular complexity index is 722. The second-order valence-corrected chi connectivity index (χ2v) is 5.13. The highest BCUT2D eigenvalue weighted by Crippen LogP contribution is 2.22. The molecule has 3 rings (SSSR count). The minimum Gasteiger partial charge on any atom is -0.375 e. The molecule has 0 aliphatic carbocycles. The molecule has 4 heteroatoms. The number of nitrogens with one attached hydrogen (secondary N) is 1. The Morgan fingerprint density at radius 2 is 2.22 bits per heavy atom. The van der Waals surface area contributed by atoms with Crippen molar-refractivity contribution >= 4 is 39.5 Å². The number of aryl methyl sites for hydroxylation is 1. The van der Waals surface area contributed by atoms with Gasteiger partial charge in [0.1, 0.15) is 0 Å². The molecule has 0 bridgehead atoms. The van der Waals surface area contributed by atoms with Crippen molar-refractivity contribution in [3.05, 3.63) is 46.6 Å². The van der Waals surface area contributed by atoms with Crippen molar-refractivity contribution in [3.63, 3.8) is 0 Å². The number of anilines is 1. The first-order chi connectivity index (χ1) is 8.72. The van der Waals surface area contributed by atoms with Gasteiger partial charge in [-0.3, -0.25) is 0 Å². The van der Waals surface area contributed by atoms with Crippen LogP contribution >= 0.6 is 11.3 Å². The molecule has 0 atom stereocenters. The van der Waals surface area contributed by atoms with Crippen LogP contribution in [0.3, 0.4) is 0 Å². The second-order valence-electron chi connectivity index (χ2n) is 4.24. The highest BCUT2D eigenvalue weighted by molar-refractivity contribution is 7.13. The Kier molecular flexibility index (Phi) is 2.64. The molecule has 0 saturated carbocycles. The van der Waals surface area contributed by atoms with Crippen molar-refractivity contribution < 1.29 is 0 Å². The van der Waals surface area contributed by atoms with Gasteiger partial charge in [-0.15, -0.1) is 11.3 Å². The molecule has 0 aliphatic heterocycles. The van der Waals surface area contributed by atoms with Gasteiger partial charge in [0.05, 0.1) is 5.69 Å². The van der Waals surface area contributed by atoms with Crippen molar-refractivity contribution in [2.45, 2.75) is 6.92 Å². The number of rotatable bonds is 2. The molecule has 0 unspecified atom stereocenters. The first-order valence-electron chi connectivity index (χ1n) is 5.69.